The maximum Gasteiger partial charge on any atom is 0.129 e. The summed E-state index contributed by atoms with van der Waals surface area (Å²) < 4.78 is 13.7. The first-order chi connectivity index (χ1) is 9.08. The maximum atomic E-state index is 13.7. The summed E-state index contributed by atoms with van der Waals surface area (Å²) in [7, 11) is 0. The molecule has 0 amide bonds. The van der Waals surface area contributed by atoms with Gasteiger partial charge in [-0.2, -0.15) is 0 Å². The van der Waals surface area contributed by atoms with E-state index in [2.05, 4.69) is 15.9 Å². The lowest BCUT2D eigenvalue weighted by Gasteiger charge is -2.19. The Morgan fingerprint density at radius 1 is 1.11 bits per heavy atom. The molecule has 1 aliphatic rings. The van der Waals surface area contributed by atoms with Gasteiger partial charge in [-0.1, -0.05) is 66.6 Å². The molecule has 1 aromatic carbocycles. The Morgan fingerprint density at radius 3 is 2.16 bits per heavy atom. The summed E-state index contributed by atoms with van der Waals surface area (Å²) in [5.74, 6) is 0.774. The number of aryl methyl sites for hydroxylation is 2. The molecule has 2 rings (SSSR count). The van der Waals surface area contributed by atoms with Crippen LogP contribution in [0.1, 0.15) is 66.5 Å². The summed E-state index contributed by atoms with van der Waals surface area (Å²) in [5, 5.41) is 0. The SMILES string of the molecule is Cc1cc(C(Br)CC2CCCCCC2)cc(C)c1F. The van der Waals surface area contributed by atoms with Gasteiger partial charge in [0.15, 0.2) is 0 Å². The zero-order valence-corrected chi connectivity index (χ0v) is 13.6. The van der Waals surface area contributed by atoms with Gasteiger partial charge in [-0.05, 0) is 42.9 Å². The molecule has 1 atom stereocenters. The summed E-state index contributed by atoms with van der Waals surface area (Å²) >= 11 is 3.82. The summed E-state index contributed by atoms with van der Waals surface area (Å²) in [4.78, 5) is 0.369. The fraction of sp³-hybridized carbons (Fsp3) is 0.647. The van der Waals surface area contributed by atoms with E-state index >= 15 is 0 Å². The smallest absolute Gasteiger partial charge is 0.129 e. The Hall–Kier alpha value is -0.370. The first kappa shape index (κ1) is 15.0. The molecule has 19 heavy (non-hydrogen) atoms. The second-order valence-corrected chi connectivity index (χ2v) is 7.13. The van der Waals surface area contributed by atoms with Gasteiger partial charge in [-0.25, -0.2) is 4.39 Å². The Bertz CT molecular complexity index is 396. The van der Waals surface area contributed by atoms with Crippen LogP contribution in [0.4, 0.5) is 4.39 Å². The first-order valence-electron chi connectivity index (χ1n) is 7.48. The molecule has 1 fully saturated rings. The van der Waals surface area contributed by atoms with Gasteiger partial charge in [0, 0.05) is 4.83 Å². The van der Waals surface area contributed by atoms with E-state index in [0.717, 1.165) is 17.0 Å². The molecule has 1 saturated carbocycles. The number of hydrogen-bond acceptors (Lipinski definition) is 0. The molecule has 0 heterocycles. The second kappa shape index (κ2) is 6.88. The monoisotopic (exact) mass is 326 g/mol. The quantitative estimate of drug-likeness (QED) is 0.455. The largest absolute Gasteiger partial charge is 0.206 e. The van der Waals surface area contributed by atoms with Crippen LogP contribution in [0.15, 0.2) is 12.1 Å². The minimum Gasteiger partial charge on any atom is -0.206 e. The van der Waals surface area contributed by atoms with Gasteiger partial charge in [0.05, 0.1) is 0 Å². The van der Waals surface area contributed by atoms with E-state index in [9.17, 15) is 4.39 Å². The number of rotatable bonds is 3. The van der Waals surface area contributed by atoms with E-state index in [4.69, 9.17) is 0 Å². The minimum atomic E-state index is -0.0575. The van der Waals surface area contributed by atoms with Crippen LogP contribution in [0.25, 0.3) is 0 Å². The third kappa shape index (κ3) is 4.05. The summed E-state index contributed by atoms with van der Waals surface area (Å²) in [5.41, 5.74) is 2.77. The van der Waals surface area contributed by atoms with E-state index in [0.29, 0.717) is 4.83 Å². The molecular formula is C17H24BrF. The fourth-order valence-electron chi connectivity index (χ4n) is 3.19. The average molecular weight is 327 g/mol. The lowest BCUT2D eigenvalue weighted by Crippen LogP contribution is -2.04. The molecule has 0 nitrogen and oxygen atoms in total. The van der Waals surface area contributed by atoms with Crippen LogP contribution in [-0.2, 0) is 0 Å². The molecule has 106 valence electrons. The van der Waals surface area contributed by atoms with Crippen molar-refractivity contribution in [1.82, 2.24) is 0 Å². The van der Waals surface area contributed by atoms with Crippen LogP contribution in [0.5, 0.6) is 0 Å². The lowest BCUT2D eigenvalue weighted by molar-refractivity contribution is 0.427. The van der Waals surface area contributed by atoms with Gasteiger partial charge in [0.2, 0.25) is 0 Å². The van der Waals surface area contributed by atoms with Crippen molar-refractivity contribution in [1.29, 1.82) is 0 Å². The number of hydrogen-bond donors (Lipinski definition) is 0. The standard InChI is InChI=1S/C17H24BrF/c1-12-9-15(10-13(2)17(12)19)16(18)11-14-7-5-3-4-6-8-14/h9-10,14,16H,3-8,11H2,1-2H3. The predicted octanol–water partition coefficient (Wildman–Crippen LogP) is 6.24. The Labute approximate surface area is 124 Å². The zero-order valence-electron chi connectivity index (χ0n) is 12.0. The van der Waals surface area contributed by atoms with Crippen LogP contribution in [-0.4, -0.2) is 0 Å². The number of benzene rings is 1. The molecule has 0 bridgehead atoms. The highest BCUT2D eigenvalue weighted by Gasteiger charge is 2.18. The minimum absolute atomic E-state index is 0.0575. The summed E-state index contributed by atoms with van der Waals surface area (Å²) in [6, 6.07) is 4.00. The van der Waals surface area contributed by atoms with Crippen molar-refractivity contribution >= 4 is 15.9 Å². The van der Waals surface area contributed by atoms with Gasteiger partial charge < -0.3 is 0 Å². The van der Waals surface area contributed by atoms with E-state index in [1.54, 1.807) is 0 Å². The van der Waals surface area contributed by atoms with Crippen molar-refractivity contribution in [2.24, 2.45) is 5.92 Å². The summed E-state index contributed by atoms with van der Waals surface area (Å²) in [6.45, 7) is 3.72. The molecule has 1 unspecified atom stereocenters. The van der Waals surface area contributed by atoms with Gasteiger partial charge in [-0.3, -0.25) is 0 Å². The first-order valence-corrected chi connectivity index (χ1v) is 8.40. The predicted molar refractivity (Wildman–Crippen MR) is 83.4 cm³/mol. The molecule has 0 N–H and O–H groups in total. The van der Waals surface area contributed by atoms with Crippen LogP contribution in [0.3, 0.4) is 0 Å². The summed E-state index contributed by atoms with van der Waals surface area (Å²) in [6.07, 6.45) is 9.47. The third-order valence-electron chi connectivity index (χ3n) is 4.34. The highest BCUT2D eigenvalue weighted by molar-refractivity contribution is 9.09. The topological polar surface area (TPSA) is 0 Å². The molecule has 0 radical (unpaired) electrons. The van der Waals surface area contributed by atoms with Gasteiger partial charge in [0.25, 0.3) is 0 Å². The second-order valence-electron chi connectivity index (χ2n) is 6.03. The van der Waals surface area contributed by atoms with Crippen LogP contribution < -0.4 is 0 Å². The number of halogens is 2. The highest BCUT2D eigenvalue weighted by atomic mass is 79.9. The van der Waals surface area contributed by atoms with E-state index in [1.807, 2.05) is 26.0 Å². The zero-order chi connectivity index (χ0) is 13.8. The van der Waals surface area contributed by atoms with E-state index in [-0.39, 0.29) is 5.82 Å². The maximum absolute atomic E-state index is 13.7. The van der Waals surface area contributed by atoms with Gasteiger partial charge in [-0.15, -0.1) is 0 Å². The highest BCUT2D eigenvalue weighted by Crippen LogP contribution is 2.36. The molecule has 0 spiro atoms. The molecule has 2 heteroatoms. The molecule has 0 saturated heterocycles. The van der Waals surface area contributed by atoms with E-state index < -0.39 is 0 Å². The van der Waals surface area contributed by atoms with Gasteiger partial charge in [0.1, 0.15) is 5.82 Å². The van der Waals surface area contributed by atoms with Crippen molar-refractivity contribution in [3.05, 3.63) is 34.6 Å². The van der Waals surface area contributed by atoms with Crippen molar-refractivity contribution in [3.63, 3.8) is 0 Å². The van der Waals surface area contributed by atoms with Gasteiger partial charge >= 0.3 is 0 Å². The molecular weight excluding hydrogens is 303 g/mol. The average Bonchev–Trinajstić information content (AvgIpc) is 2.64. The van der Waals surface area contributed by atoms with Crippen LogP contribution in [0.2, 0.25) is 0 Å². The van der Waals surface area contributed by atoms with Crippen molar-refractivity contribution in [3.8, 4) is 0 Å². The van der Waals surface area contributed by atoms with E-state index in [1.165, 1.54) is 50.5 Å². The van der Waals surface area contributed by atoms with Crippen molar-refractivity contribution in [2.45, 2.75) is 63.6 Å². The normalized spacial score (nSPS) is 19.2. The number of alkyl halides is 1. The molecule has 1 aromatic rings. The Kier molecular flexibility index (Phi) is 5.44. The van der Waals surface area contributed by atoms with Crippen molar-refractivity contribution in [2.75, 3.05) is 0 Å². The molecule has 0 aliphatic heterocycles. The van der Waals surface area contributed by atoms with Crippen LogP contribution in [0, 0.1) is 25.6 Å². The lowest BCUT2D eigenvalue weighted by atomic mass is 9.92. The molecule has 0 aromatic heterocycles. The van der Waals surface area contributed by atoms with Crippen LogP contribution >= 0.6 is 15.9 Å². The Morgan fingerprint density at radius 2 is 1.63 bits per heavy atom. The fourth-order valence-corrected chi connectivity index (χ4v) is 3.98. The molecule has 1 aliphatic carbocycles. The van der Waals surface area contributed by atoms with Crippen molar-refractivity contribution < 1.29 is 4.39 Å². The third-order valence-corrected chi connectivity index (χ3v) is 5.24. The Balaban J connectivity index is 2.04.